The first-order valence-electron chi connectivity index (χ1n) is 9.28. The minimum Gasteiger partial charge on any atom is -0.389 e. The lowest BCUT2D eigenvalue weighted by atomic mass is 10.1. The molecule has 1 aliphatic heterocycles. The van der Waals surface area contributed by atoms with Gasteiger partial charge in [0, 0.05) is 13.6 Å². The van der Waals surface area contributed by atoms with Crippen LogP contribution in [0.3, 0.4) is 0 Å². The van der Waals surface area contributed by atoms with Crippen LogP contribution in [-0.4, -0.2) is 39.9 Å². The lowest BCUT2D eigenvalue weighted by Crippen LogP contribution is -2.38. The summed E-state index contributed by atoms with van der Waals surface area (Å²) in [7, 11) is 1.70. The van der Waals surface area contributed by atoms with Gasteiger partial charge in [-0.25, -0.2) is 18.2 Å². The molecule has 0 bridgehead atoms. The van der Waals surface area contributed by atoms with Gasteiger partial charge in [-0.3, -0.25) is 9.48 Å². The molecule has 4 rings (SSSR count). The van der Waals surface area contributed by atoms with Crippen LogP contribution in [0, 0.1) is 11.6 Å². The largest absolute Gasteiger partial charge is 0.389 e. The van der Waals surface area contributed by atoms with Crippen LogP contribution in [0.2, 0.25) is 0 Å². The maximum absolute atomic E-state index is 14.1. The summed E-state index contributed by atoms with van der Waals surface area (Å²) >= 11 is 0.817. The van der Waals surface area contributed by atoms with E-state index < -0.39 is 23.7 Å². The van der Waals surface area contributed by atoms with E-state index in [4.69, 9.17) is 5.73 Å². The highest BCUT2D eigenvalue weighted by Gasteiger charge is 2.26. The molecular weight excluding hydrogens is 417 g/mol. The summed E-state index contributed by atoms with van der Waals surface area (Å²) in [6.45, 7) is 0.844. The Kier molecular flexibility index (Phi) is 5.37. The molecule has 3 aromatic rings. The van der Waals surface area contributed by atoms with Crippen molar-refractivity contribution >= 4 is 33.8 Å². The predicted octanol–water partition coefficient (Wildman–Crippen LogP) is 3.59. The number of nitrogens with one attached hydrogen (secondary N) is 1. The molecule has 0 saturated carbocycles. The number of nitrogen functional groups attached to an aromatic ring is 1. The lowest BCUT2D eigenvalue weighted by Gasteiger charge is -2.31. The molecule has 7 nitrogen and oxygen atoms in total. The summed E-state index contributed by atoms with van der Waals surface area (Å²) in [6.07, 6.45) is 1.69. The minimum absolute atomic E-state index is 0.0254. The molecule has 1 saturated heterocycles. The molecule has 0 spiro atoms. The number of hydrogen-bond donors (Lipinski definition) is 2. The maximum Gasteiger partial charge on any atom is 0.277 e. The second-order valence-electron chi connectivity index (χ2n) is 6.97. The van der Waals surface area contributed by atoms with Crippen LogP contribution in [0.25, 0.3) is 10.6 Å². The van der Waals surface area contributed by atoms with Crippen LogP contribution < -0.4 is 16.0 Å². The van der Waals surface area contributed by atoms with E-state index in [0.29, 0.717) is 30.9 Å². The Bertz CT molecular complexity index is 1080. The van der Waals surface area contributed by atoms with Gasteiger partial charge in [0.05, 0.1) is 18.3 Å². The highest BCUT2D eigenvalue weighted by atomic mass is 32.1. The SMILES string of the molecule is Cn1ncc(NC(=O)c2nc(-c3c(F)cccc3F)sc2N)c1N1CCCC(F)C1. The fourth-order valence-electron chi connectivity index (χ4n) is 3.50. The van der Waals surface area contributed by atoms with Crippen LogP contribution in [-0.2, 0) is 7.05 Å². The molecule has 0 radical (unpaired) electrons. The van der Waals surface area contributed by atoms with Crippen molar-refractivity contribution in [3.63, 3.8) is 0 Å². The molecule has 1 atom stereocenters. The number of benzene rings is 1. The second kappa shape index (κ2) is 7.98. The van der Waals surface area contributed by atoms with Gasteiger partial charge >= 0.3 is 0 Å². The minimum atomic E-state index is -0.954. The van der Waals surface area contributed by atoms with E-state index in [1.54, 1.807) is 11.7 Å². The van der Waals surface area contributed by atoms with E-state index in [1.165, 1.54) is 12.3 Å². The Balaban J connectivity index is 1.61. The number of hydrogen-bond acceptors (Lipinski definition) is 6. The molecule has 1 amide bonds. The molecule has 0 aliphatic carbocycles. The van der Waals surface area contributed by atoms with Crippen molar-refractivity contribution in [2.24, 2.45) is 7.05 Å². The van der Waals surface area contributed by atoms with E-state index in [2.05, 4.69) is 15.4 Å². The normalized spacial score (nSPS) is 16.7. The summed E-state index contributed by atoms with van der Waals surface area (Å²) in [5.74, 6) is -1.66. The summed E-state index contributed by atoms with van der Waals surface area (Å²) in [5.41, 5.74) is 5.81. The number of anilines is 3. The van der Waals surface area contributed by atoms with Gasteiger partial charge in [0.2, 0.25) is 0 Å². The quantitative estimate of drug-likeness (QED) is 0.653. The Hall–Kier alpha value is -3.08. The first-order valence-corrected chi connectivity index (χ1v) is 10.1. The number of thiazole rings is 1. The lowest BCUT2D eigenvalue weighted by molar-refractivity contribution is 0.102. The molecule has 1 unspecified atom stereocenters. The van der Waals surface area contributed by atoms with Gasteiger partial charge in [-0.1, -0.05) is 17.4 Å². The van der Waals surface area contributed by atoms with Crippen molar-refractivity contribution in [1.29, 1.82) is 0 Å². The third-order valence-electron chi connectivity index (χ3n) is 4.86. The summed E-state index contributed by atoms with van der Waals surface area (Å²) < 4.78 is 43.5. The van der Waals surface area contributed by atoms with Crippen molar-refractivity contribution in [1.82, 2.24) is 14.8 Å². The van der Waals surface area contributed by atoms with Crippen molar-refractivity contribution in [3.05, 3.63) is 41.7 Å². The number of nitrogens with two attached hydrogens (primary N) is 1. The van der Waals surface area contributed by atoms with Gasteiger partial charge in [-0.05, 0) is 25.0 Å². The second-order valence-corrected chi connectivity index (χ2v) is 8.00. The van der Waals surface area contributed by atoms with Crippen LogP contribution in [0.15, 0.2) is 24.4 Å². The molecule has 3 heterocycles. The molecule has 11 heteroatoms. The number of carbonyl (C=O) groups is 1. The highest BCUT2D eigenvalue weighted by molar-refractivity contribution is 7.19. The zero-order chi connectivity index (χ0) is 21.4. The molecule has 1 aliphatic rings. The van der Waals surface area contributed by atoms with Gasteiger partial charge in [0.15, 0.2) is 11.5 Å². The van der Waals surface area contributed by atoms with Crippen LogP contribution in [0.1, 0.15) is 23.3 Å². The van der Waals surface area contributed by atoms with Gasteiger partial charge in [0.25, 0.3) is 5.91 Å². The fourth-order valence-corrected chi connectivity index (χ4v) is 4.37. The van der Waals surface area contributed by atoms with Crippen LogP contribution >= 0.6 is 11.3 Å². The van der Waals surface area contributed by atoms with Gasteiger partial charge in [-0.2, -0.15) is 5.10 Å². The summed E-state index contributed by atoms with van der Waals surface area (Å²) in [4.78, 5) is 18.7. The van der Waals surface area contributed by atoms with Crippen molar-refractivity contribution in [2.45, 2.75) is 19.0 Å². The number of aryl methyl sites for hydroxylation is 1. The summed E-state index contributed by atoms with van der Waals surface area (Å²) in [5, 5.41) is 6.83. The number of nitrogens with zero attached hydrogens (tertiary/aromatic N) is 4. The number of alkyl halides is 1. The molecule has 1 fully saturated rings. The number of piperidine rings is 1. The number of amides is 1. The molecule has 30 heavy (non-hydrogen) atoms. The smallest absolute Gasteiger partial charge is 0.277 e. The molecule has 158 valence electrons. The van der Waals surface area contributed by atoms with Crippen molar-refractivity contribution in [3.8, 4) is 10.6 Å². The molecule has 3 N–H and O–H groups in total. The topological polar surface area (TPSA) is 89.1 Å². The Morgan fingerprint density at radius 2 is 2.07 bits per heavy atom. The average molecular weight is 436 g/mol. The zero-order valence-corrected chi connectivity index (χ0v) is 16.8. The first kappa shape index (κ1) is 20.2. The molecular formula is C19H19F3N6OS. The number of aromatic nitrogens is 3. The van der Waals surface area contributed by atoms with E-state index >= 15 is 0 Å². The Morgan fingerprint density at radius 3 is 2.77 bits per heavy atom. The summed E-state index contributed by atoms with van der Waals surface area (Å²) in [6, 6.07) is 3.45. The zero-order valence-electron chi connectivity index (χ0n) is 16.0. The standard InChI is InChI=1S/C19H19F3N6OS/c1-27-19(28-7-3-4-10(20)9-28)13(8-24-27)25-17(29)15-16(23)30-18(26-15)14-11(21)5-2-6-12(14)22/h2,5-6,8,10H,3-4,7,9,23H2,1H3,(H,25,29). The number of halogens is 3. The highest BCUT2D eigenvalue weighted by Crippen LogP contribution is 2.34. The van der Waals surface area contributed by atoms with Crippen molar-refractivity contribution in [2.75, 3.05) is 29.0 Å². The van der Waals surface area contributed by atoms with Gasteiger partial charge in [-0.15, -0.1) is 0 Å². The van der Waals surface area contributed by atoms with Crippen LogP contribution in [0.5, 0.6) is 0 Å². The first-order chi connectivity index (χ1) is 14.3. The average Bonchev–Trinajstić information content (AvgIpc) is 3.24. The fraction of sp³-hybridized carbons (Fsp3) is 0.316. The maximum atomic E-state index is 14.1. The van der Waals surface area contributed by atoms with E-state index in [1.807, 2.05) is 4.90 Å². The number of rotatable bonds is 4. The third kappa shape index (κ3) is 3.72. The van der Waals surface area contributed by atoms with Gasteiger partial charge < -0.3 is 16.0 Å². The molecule has 1 aromatic carbocycles. The van der Waals surface area contributed by atoms with E-state index in [-0.39, 0.29) is 27.8 Å². The Morgan fingerprint density at radius 1 is 1.33 bits per heavy atom. The van der Waals surface area contributed by atoms with Gasteiger partial charge in [0.1, 0.15) is 33.5 Å². The van der Waals surface area contributed by atoms with Crippen LogP contribution in [0.4, 0.5) is 29.7 Å². The predicted molar refractivity (Wildman–Crippen MR) is 109 cm³/mol. The third-order valence-corrected chi connectivity index (χ3v) is 5.77. The molecule has 2 aromatic heterocycles. The Labute approximate surface area is 174 Å². The monoisotopic (exact) mass is 436 g/mol. The van der Waals surface area contributed by atoms with E-state index in [0.717, 1.165) is 23.5 Å². The van der Waals surface area contributed by atoms with E-state index in [9.17, 15) is 18.0 Å². The number of carbonyl (C=O) groups excluding carboxylic acids is 1. The van der Waals surface area contributed by atoms with Crippen molar-refractivity contribution < 1.29 is 18.0 Å².